The highest BCUT2D eigenvalue weighted by atomic mass is 79.9. The minimum Gasteiger partial charge on any atom is -0.486 e. The van der Waals surface area contributed by atoms with Crippen LogP contribution in [0.2, 0.25) is 0 Å². The van der Waals surface area contributed by atoms with Gasteiger partial charge in [-0.1, -0.05) is 34.1 Å². The van der Waals surface area contributed by atoms with E-state index in [9.17, 15) is 4.79 Å². The molecule has 2 aromatic carbocycles. The molecule has 0 bridgehead atoms. The third-order valence-electron chi connectivity index (χ3n) is 3.70. The summed E-state index contributed by atoms with van der Waals surface area (Å²) in [7, 11) is 0. The molecule has 1 heterocycles. The number of carbonyl (C=O) groups excluding carboxylic acids is 1. The van der Waals surface area contributed by atoms with Gasteiger partial charge in [-0.15, -0.1) is 0 Å². The fourth-order valence-corrected chi connectivity index (χ4v) is 2.95. The van der Waals surface area contributed by atoms with Gasteiger partial charge in [0.25, 0.3) is 0 Å². The van der Waals surface area contributed by atoms with Crippen molar-refractivity contribution in [2.45, 2.75) is 19.4 Å². The van der Waals surface area contributed by atoms with Crippen LogP contribution in [-0.4, -0.2) is 19.1 Å². The first kappa shape index (κ1) is 15.9. The van der Waals surface area contributed by atoms with Crippen LogP contribution in [0.25, 0.3) is 0 Å². The van der Waals surface area contributed by atoms with Gasteiger partial charge in [-0.25, -0.2) is 0 Å². The molecular weight excluding hydrogens is 358 g/mol. The molecular formula is C18H18BrNO3. The van der Waals surface area contributed by atoms with E-state index in [0.717, 1.165) is 21.3 Å². The number of ether oxygens (including phenoxy) is 2. The SMILES string of the molecule is CC(NC(=O)Cc1ccc2c(c1)OCCO2)c1cccc(Br)c1. The first-order valence-electron chi connectivity index (χ1n) is 7.55. The van der Waals surface area contributed by atoms with Gasteiger partial charge in [-0.3, -0.25) is 4.79 Å². The third kappa shape index (κ3) is 4.05. The smallest absolute Gasteiger partial charge is 0.224 e. The maximum Gasteiger partial charge on any atom is 0.224 e. The van der Waals surface area contributed by atoms with Crippen molar-refractivity contribution in [2.75, 3.05) is 13.2 Å². The molecule has 0 saturated carbocycles. The van der Waals surface area contributed by atoms with Gasteiger partial charge >= 0.3 is 0 Å². The summed E-state index contributed by atoms with van der Waals surface area (Å²) in [6, 6.07) is 13.5. The van der Waals surface area contributed by atoms with E-state index in [0.29, 0.717) is 25.4 Å². The lowest BCUT2D eigenvalue weighted by Crippen LogP contribution is -2.28. The number of rotatable bonds is 4. The maximum atomic E-state index is 12.3. The minimum atomic E-state index is -0.0442. The molecule has 0 spiro atoms. The van der Waals surface area contributed by atoms with Gasteiger partial charge in [-0.05, 0) is 42.3 Å². The quantitative estimate of drug-likeness (QED) is 0.887. The Morgan fingerprint density at radius 2 is 1.96 bits per heavy atom. The number of carbonyl (C=O) groups is 1. The molecule has 4 nitrogen and oxygen atoms in total. The van der Waals surface area contributed by atoms with Gasteiger partial charge in [0.2, 0.25) is 5.91 Å². The number of hydrogen-bond acceptors (Lipinski definition) is 3. The lowest BCUT2D eigenvalue weighted by Gasteiger charge is -2.19. The molecule has 1 atom stereocenters. The van der Waals surface area contributed by atoms with Crippen molar-refractivity contribution < 1.29 is 14.3 Å². The molecule has 120 valence electrons. The van der Waals surface area contributed by atoms with E-state index in [2.05, 4.69) is 21.2 Å². The van der Waals surface area contributed by atoms with Crippen molar-refractivity contribution in [3.05, 3.63) is 58.1 Å². The van der Waals surface area contributed by atoms with E-state index in [-0.39, 0.29) is 11.9 Å². The van der Waals surface area contributed by atoms with Crippen molar-refractivity contribution in [2.24, 2.45) is 0 Å². The molecule has 0 saturated heterocycles. The second-order valence-electron chi connectivity index (χ2n) is 5.50. The van der Waals surface area contributed by atoms with E-state index in [1.165, 1.54) is 0 Å². The summed E-state index contributed by atoms with van der Waals surface area (Å²) in [4.78, 5) is 12.3. The molecule has 0 fully saturated rings. The Bertz CT molecular complexity index is 717. The molecule has 5 heteroatoms. The Labute approximate surface area is 143 Å². The Balaban J connectivity index is 1.63. The average molecular weight is 376 g/mol. The number of fused-ring (bicyclic) bond motifs is 1. The normalized spacial score (nSPS) is 14.2. The van der Waals surface area contributed by atoms with Crippen LogP contribution in [0, 0.1) is 0 Å². The number of benzene rings is 2. The summed E-state index contributed by atoms with van der Waals surface area (Å²) >= 11 is 3.45. The Kier molecular flexibility index (Phi) is 4.86. The van der Waals surface area contributed by atoms with Crippen molar-refractivity contribution in [1.29, 1.82) is 0 Å². The van der Waals surface area contributed by atoms with Gasteiger partial charge in [0.15, 0.2) is 11.5 Å². The Morgan fingerprint density at radius 3 is 2.74 bits per heavy atom. The molecule has 1 aliphatic heterocycles. The largest absolute Gasteiger partial charge is 0.486 e. The fraction of sp³-hybridized carbons (Fsp3) is 0.278. The zero-order valence-corrected chi connectivity index (χ0v) is 14.4. The van der Waals surface area contributed by atoms with Crippen molar-refractivity contribution in [1.82, 2.24) is 5.32 Å². The van der Waals surface area contributed by atoms with Crippen LogP contribution < -0.4 is 14.8 Å². The van der Waals surface area contributed by atoms with Crippen LogP contribution in [-0.2, 0) is 11.2 Å². The lowest BCUT2D eigenvalue weighted by atomic mass is 10.1. The number of halogens is 1. The predicted molar refractivity (Wildman–Crippen MR) is 91.8 cm³/mol. The zero-order chi connectivity index (χ0) is 16.2. The molecule has 2 aromatic rings. The number of hydrogen-bond donors (Lipinski definition) is 1. The van der Waals surface area contributed by atoms with Crippen molar-refractivity contribution >= 4 is 21.8 Å². The first-order chi connectivity index (χ1) is 11.1. The van der Waals surface area contributed by atoms with E-state index < -0.39 is 0 Å². The van der Waals surface area contributed by atoms with Gasteiger partial charge < -0.3 is 14.8 Å². The predicted octanol–water partition coefficient (Wildman–Crippen LogP) is 3.64. The molecule has 1 N–H and O–H groups in total. The van der Waals surface area contributed by atoms with E-state index in [1.807, 2.05) is 49.4 Å². The summed E-state index contributed by atoms with van der Waals surface area (Å²) < 4.78 is 12.0. The molecule has 0 radical (unpaired) electrons. The lowest BCUT2D eigenvalue weighted by molar-refractivity contribution is -0.121. The first-order valence-corrected chi connectivity index (χ1v) is 8.34. The van der Waals surface area contributed by atoms with Crippen LogP contribution in [0.15, 0.2) is 46.9 Å². The second kappa shape index (κ2) is 7.04. The average Bonchev–Trinajstić information content (AvgIpc) is 2.54. The monoisotopic (exact) mass is 375 g/mol. The van der Waals surface area contributed by atoms with Gasteiger partial charge in [0.1, 0.15) is 13.2 Å². The summed E-state index contributed by atoms with van der Waals surface area (Å²) in [6.45, 7) is 3.09. The number of amides is 1. The van der Waals surface area contributed by atoms with E-state index in [1.54, 1.807) is 0 Å². The van der Waals surface area contributed by atoms with Crippen LogP contribution in [0.1, 0.15) is 24.1 Å². The standard InChI is InChI=1S/C18H18BrNO3/c1-12(14-3-2-4-15(19)11-14)20-18(21)10-13-5-6-16-17(9-13)23-8-7-22-16/h2-6,9,11-12H,7-8,10H2,1H3,(H,20,21). The molecule has 1 unspecified atom stereocenters. The topological polar surface area (TPSA) is 47.6 Å². The molecule has 23 heavy (non-hydrogen) atoms. The molecule has 0 aliphatic carbocycles. The van der Waals surface area contributed by atoms with Crippen LogP contribution in [0.4, 0.5) is 0 Å². The second-order valence-corrected chi connectivity index (χ2v) is 6.41. The summed E-state index contributed by atoms with van der Waals surface area (Å²) in [5.41, 5.74) is 1.98. The van der Waals surface area contributed by atoms with Crippen LogP contribution in [0.3, 0.4) is 0 Å². The third-order valence-corrected chi connectivity index (χ3v) is 4.19. The van der Waals surface area contributed by atoms with E-state index in [4.69, 9.17) is 9.47 Å². The highest BCUT2D eigenvalue weighted by Gasteiger charge is 2.14. The minimum absolute atomic E-state index is 0.0193. The fourth-order valence-electron chi connectivity index (χ4n) is 2.53. The molecule has 1 amide bonds. The van der Waals surface area contributed by atoms with Crippen LogP contribution in [0.5, 0.6) is 11.5 Å². The summed E-state index contributed by atoms with van der Waals surface area (Å²) in [5, 5.41) is 3.02. The zero-order valence-electron chi connectivity index (χ0n) is 12.8. The van der Waals surface area contributed by atoms with E-state index >= 15 is 0 Å². The Morgan fingerprint density at radius 1 is 1.17 bits per heavy atom. The van der Waals surface area contributed by atoms with Gasteiger partial charge in [0, 0.05) is 4.47 Å². The molecule has 1 aliphatic rings. The van der Waals surface area contributed by atoms with Crippen molar-refractivity contribution in [3.8, 4) is 11.5 Å². The maximum absolute atomic E-state index is 12.3. The summed E-state index contributed by atoms with van der Waals surface area (Å²) in [6.07, 6.45) is 0.314. The van der Waals surface area contributed by atoms with Crippen LogP contribution >= 0.6 is 15.9 Å². The highest BCUT2D eigenvalue weighted by Crippen LogP contribution is 2.30. The Hall–Kier alpha value is -2.01. The highest BCUT2D eigenvalue weighted by molar-refractivity contribution is 9.10. The number of nitrogens with one attached hydrogen (secondary N) is 1. The van der Waals surface area contributed by atoms with Gasteiger partial charge in [0.05, 0.1) is 12.5 Å². The summed E-state index contributed by atoms with van der Waals surface area (Å²) in [5.74, 6) is 1.43. The van der Waals surface area contributed by atoms with Gasteiger partial charge in [-0.2, -0.15) is 0 Å². The molecule has 3 rings (SSSR count). The molecule has 0 aromatic heterocycles. The van der Waals surface area contributed by atoms with Crippen molar-refractivity contribution in [3.63, 3.8) is 0 Å².